The van der Waals surface area contributed by atoms with Gasteiger partial charge in [-0.15, -0.1) is 10.2 Å². The number of hydrogen-bond donors (Lipinski definition) is 2. The van der Waals surface area contributed by atoms with Gasteiger partial charge in [-0.05, 0) is 6.92 Å². The molecule has 0 bridgehead atoms. The summed E-state index contributed by atoms with van der Waals surface area (Å²) < 4.78 is 37.0. The van der Waals surface area contributed by atoms with Gasteiger partial charge in [0.15, 0.2) is 5.82 Å². The van der Waals surface area contributed by atoms with E-state index in [1.54, 1.807) is 23.9 Å². The lowest BCUT2D eigenvalue weighted by Crippen LogP contribution is -2.42. The van der Waals surface area contributed by atoms with E-state index in [1.165, 1.54) is 6.33 Å². The van der Waals surface area contributed by atoms with Gasteiger partial charge in [-0.1, -0.05) is 0 Å². The summed E-state index contributed by atoms with van der Waals surface area (Å²) in [6.07, 6.45) is -2.99. The Morgan fingerprint density at radius 2 is 2.24 bits per heavy atom. The van der Waals surface area contributed by atoms with Crippen molar-refractivity contribution in [2.24, 2.45) is 7.05 Å². The molecule has 0 saturated carbocycles. The number of carbonyl (C=O) groups is 1. The number of hydrogen-bond acceptors (Lipinski definition) is 3. The van der Waals surface area contributed by atoms with Crippen molar-refractivity contribution in [3.05, 3.63) is 12.2 Å². The Morgan fingerprint density at radius 1 is 1.59 bits per heavy atom. The van der Waals surface area contributed by atoms with E-state index >= 15 is 0 Å². The number of carbonyl (C=O) groups excluding carboxylic acids is 1. The van der Waals surface area contributed by atoms with Crippen LogP contribution in [0.1, 0.15) is 18.8 Å². The fourth-order valence-electron chi connectivity index (χ4n) is 1.18. The Bertz CT molecular complexity index is 389. The number of halogens is 3. The molecule has 0 fully saturated rings. The van der Waals surface area contributed by atoms with Gasteiger partial charge in [0.1, 0.15) is 12.9 Å². The second-order valence-electron chi connectivity index (χ2n) is 3.46. The monoisotopic (exact) mass is 251 g/mol. The lowest BCUT2D eigenvalue weighted by molar-refractivity contribution is -0.122. The first-order valence-corrected chi connectivity index (χ1v) is 4.74. The van der Waals surface area contributed by atoms with Crippen LogP contribution in [-0.2, 0) is 7.05 Å². The Labute approximate surface area is 95.2 Å². The first kappa shape index (κ1) is 13.3. The molecule has 1 atom stereocenters. The zero-order valence-corrected chi connectivity index (χ0v) is 9.25. The molecular formula is C8H12F3N5O. The van der Waals surface area contributed by atoms with Crippen molar-refractivity contribution in [1.29, 1.82) is 0 Å². The van der Waals surface area contributed by atoms with Crippen LogP contribution in [0.25, 0.3) is 0 Å². The van der Waals surface area contributed by atoms with E-state index in [0.717, 1.165) is 0 Å². The van der Waals surface area contributed by atoms with E-state index < -0.39 is 24.8 Å². The molecule has 17 heavy (non-hydrogen) atoms. The molecule has 2 amide bonds. The van der Waals surface area contributed by atoms with Crippen LogP contribution in [-0.4, -0.2) is 33.5 Å². The minimum Gasteiger partial charge on any atom is -0.329 e. The highest BCUT2D eigenvalue weighted by Gasteiger charge is 2.28. The van der Waals surface area contributed by atoms with Crippen molar-refractivity contribution in [3.8, 4) is 0 Å². The molecule has 9 heteroatoms. The zero-order valence-electron chi connectivity index (χ0n) is 9.25. The smallest absolute Gasteiger partial charge is 0.329 e. The van der Waals surface area contributed by atoms with Gasteiger partial charge in [-0.3, -0.25) is 0 Å². The molecule has 1 heterocycles. The predicted octanol–water partition coefficient (Wildman–Crippen LogP) is 0.738. The molecule has 0 unspecified atom stereocenters. The summed E-state index contributed by atoms with van der Waals surface area (Å²) in [5.74, 6) is 0.451. The maximum Gasteiger partial charge on any atom is 0.405 e. The van der Waals surface area contributed by atoms with Crippen LogP contribution in [0.4, 0.5) is 18.0 Å². The van der Waals surface area contributed by atoms with Crippen LogP contribution in [0.15, 0.2) is 6.33 Å². The third kappa shape index (κ3) is 4.29. The Hall–Kier alpha value is -1.80. The van der Waals surface area contributed by atoms with Crippen LogP contribution in [0.5, 0.6) is 0 Å². The van der Waals surface area contributed by atoms with Gasteiger partial charge >= 0.3 is 12.2 Å². The molecule has 0 aliphatic heterocycles. The molecule has 96 valence electrons. The predicted molar refractivity (Wildman–Crippen MR) is 52.0 cm³/mol. The lowest BCUT2D eigenvalue weighted by atomic mass is 10.3. The number of rotatable bonds is 3. The van der Waals surface area contributed by atoms with Gasteiger partial charge < -0.3 is 15.2 Å². The number of amides is 2. The molecule has 0 aliphatic rings. The zero-order chi connectivity index (χ0) is 13.1. The van der Waals surface area contributed by atoms with Crippen molar-refractivity contribution in [1.82, 2.24) is 25.4 Å². The van der Waals surface area contributed by atoms with Gasteiger partial charge in [-0.25, -0.2) is 4.79 Å². The van der Waals surface area contributed by atoms with E-state index in [-0.39, 0.29) is 0 Å². The van der Waals surface area contributed by atoms with Crippen molar-refractivity contribution in [3.63, 3.8) is 0 Å². The minimum atomic E-state index is -4.43. The van der Waals surface area contributed by atoms with Crippen molar-refractivity contribution in [2.45, 2.75) is 19.1 Å². The van der Waals surface area contributed by atoms with Crippen LogP contribution in [0.3, 0.4) is 0 Å². The molecule has 1 aromatic rings. The number of alkyl halides is 3. The highest BCUT2D eigenvalue weighted by Crippen LogP contribution is 2.12. The fraction of sp³-hybridized carbons (Fsp3) is 0.625. The molecule has 2 N–H and O–H groups in total. The number of aromatic nitrogens is 3. The molecule has 1 rings (SSSR count). The fourth-order valence-corrected chi connectivity index (χ4v) is 1.18. The van der Waals surface area contributed by atoms with E-state index in [4.69, 9.17) is 0 Å². The second kappa shape index (κ2) is 5.02. The molecule has 6 nitrogen and oxygen atoms in total. The quantitative estimate of drug-likeness (QED) is 0.832. The maximum atomic E-state index is 11.8. The molecule has 0 spiro atoms. The average Bonchev–Trinajstić information content (AvgIpc) is 2.60. The Kier molecular flexibility index (Phi) is 3.92. The molecule has 0 radical (unpaired) electrons. The summed E-state index contributed by atoms with van der Waals surface area (Å²) in [7, 11) is 1.67. The maximum absolute atomic E-state index is 11.8. The SMILES string of the molecule is C[C@@H](NC(=O)NCC(F)(F)F)c1nncn1C. The third-order valence-corrected chi connectivity index (χ3v) is 1.93. The van der Waals surface area contributed by atoms with Gasteiger partial charge in [0.25, 0.3) is 0 Å². The molecule has 1 aromatic heterocycles. The van der Waals surface area contributed by atoms with E-state index in [2.05, 4.69) is 15.5 Å². The third-order valence-electron chi connectivity index (χ3n) is 1.93. The van der Waals surface area contributed by atoms with E-state index in [1.807, 2.05) is 0 Å². The standard InChI is InChI=1S/C8H12F3N5O/c1-5(6-15-13-4-16(6)2)14-7(17)12-3-8(9,10)11/h4-5H,3H2,1-2H3,(H2,12,14,17)/t5-/m1/s1. The Balaban J connectivity index is 2.44. The number of urea groups is 1. The normalized spacial score (nSPS) is 13.2. The summed E-state index contributed by atoms with van der Waals surface area (Å²) in [4.78, 5) is 11.1. The summed E-state index contributed by atoms with van der Waals surface area (Å²) in [6, 6.07) is -1.44. The summed E-state index contributed by atoms with van der Waals surface area (Å²) in [6.45, 7) is 0.224. The van der Waals surface area contributed by atoms with Gasteiger partial charge in [0, 0.05) is 7.05 Å². The van der Waals surface area contributed by atoms with Crippen LogP contribution >= 0.6 is 0 Å². The van der Waals surface area contributed by atoms with Crippen LogP contribution in [0, 0.1) is 0 Å². The van der Waals surface area contributed by atoms with Crippen molar-refractivity contribution >= 4 is 6.03 Å². The summed E-state index contributed by atoms with van der Waals surface area (Å²) in [5.41, 5.74) is 0. The van der Waals surface area contributed by atoms with E-state index in [0.29, 0.717) is 5.82 Å². The van der Waals surface area contributed by atoms with Crippen molar-refractivity contribution in [2.75, 3.05) is 6.54 Å². The average molecular weight is 251 g/mol. The lowest BCUT2D eigenvalue weighted by Gasteiger charge is -2.14. The first-order chi connectivity index (χ1) is 7.79. The molecule has 0 aliphatic carbocycles. The van der Waals surface area contributed by atoms with Crippen molar-refractivity contribution < 1.29 is 18.0 Å². The molecular weight excluding hydrogens is 239 g/mol. The molecule has 0 aromatic carbocycles. The van der Waals surface area contributed by atoms with Gasteiger partial charge in [0.2, 0.25) is 0 Å². The number of nitrogens with zero attached hydrogens (tertiary/aromatic N) is 3. The largest absolute Gasteiger partial charge is 0.405 e. The highest BCUT2D eigenvalue weighted by molar-refractivity contribution is 5.74. The van der Waals surface area contributed by atoms with Gasteiger partial charge in [-0.2, -0.15) is 13.2 Å². The number of aryl methyl sites for hydroxylation is 1. The van der Waals surface area contributed by atoms with Gasteiger partial charge in [0.05, 0.1) is 6.04 Å². The minimum absolute atomic E-state index is 0.451. The number of nitrogens with one attached hydrogen (secondary N) is 2. The van der Waals surface area contributed by atoms with E-state index in [9.17, 15) is 18.0 Å². The molecule has 0 saturated heterocycles. The topological polar surface area (TPSA) is 71.8 Å². The first-order valence-electron chi connectivity index (χ1n) is 4.74. The second-order valence-corrected chi connectivity index (χ2v) is 3.46. The van der Waals surface area contributed by atoms with Crippen LogP contribution in [0.2, 0.25) is 0 Å². The van der Waals surface area contributed by atoms with Crippen LogP contribution < -0.4 is 10.6 Å². The highest BCUT2D eigenvalue weighted by atomic mass is 19.4. The summed E-state index contributed by atoms with van der Waals surface area (Å²) in [5, 5.41) is 11.3. The summed E-state index contributed by atoms with van der Waals surface area (Å²) >= 11 is 0. The Morgan fingerprint density at radius 3 is 2.71 bits per heavy atom.